The summed E-state index contributed by atoms with van der Waals surface area (Å²) in [7, 11) is 0. The highest BCUT2D eigenvalue weighted by Crippen LogP contribution is 2.37. The number of amides is 3. The van der Waals surface area contributed by atoms with Crippen LogP contribution in [0.4, 0.5) is 29.3 Å². The number of alkyl halides is 3. The minimum atomic E-state index is -4.54. The van der Waals surface area contributed by atoms with Crippen LogP contribution in [-0.4, -0.2) is 31.2 Å². The van der Waals surface area contributed by atoms with Crippen molar-refractivity contribution in [3.8, 4) is 0 Å². The van der Waals surface area contributed by atoms with E-state index in [4.69, 9.17) is 0 Å². The van der Waals surface area contributed by atoms with Crippen LogP contribution in [0.3, 0.4) is 0 Å². The molecule has 5 nitrogen and oxygen atoms in total. The highest BCUT2D eigenvalue weighted by Gasteiger charge is 2.41. The first kappa shape index (κ1) is 19.7. The molecule has 1 aliphatic heterocycles. The maximum absolute atomic E-state index is 13.4. The zero-order valence-corrected chi connectivity index (χ0v) is 15.0. The van der Waals surface area contributed by atoms with Gasteiger partial charge in [-0.3, -0.25) is 9.69 Å². The molecule has 148 valence electrons. The molecule has 8 heteroatoms. The molecule has 0 aromatic heterocycles. The SMILES string of the molecule is O=C(CC(c1ccccc1)C(F)(F)F)Nc1cccc(N2CCCNC2=O)c1. The van der Waals surface area contributed by atoms with Crippen molar-refractivity contribution in [2.45, 2.75) is 24.9 Å². The Morgan fingerprint density at radius 1 is 1.14 bits per heavy atom. The molecule has 3 amide bonds. The Morgan fingerprint density at radius 3 is 2.57 bits per heavy atom. The third kappa shape index (κ3) is 4.82. The number of anilines is 2. The third-order valence-electron chi connectivity index (χ3n) is 4.51. The molecular weight excluding hydrogens is 371 g/mol. The van der Waals surface area contributed by atoms with E-state index < -0.39 is 24.4 Å². The van der Waals surface area contributed by atoms with E-state index in [1.54, 1.807) is 30.3 Å². The summed E-state index contributed by atoms with van der Waals surface area (Å²) in [4.78, 5) is 25.8. The van der Waals surface area contributed by atoms with Gasteiger partial charge in [0.1, 0.15) is 0 Å². The van der Waals surface area contributed by atoms with Gasteiger partial charge in [-0.1, -0.05) is 36.4 Å². The first-order chi connectivity index (χ1) is 13.3. The van der Waals surface area contributed by atoms with E-state index in [0.29, 0.717) is 24.5 Å². The van der Waals surface area contributed by atoms with Gasteiger partial charge < -0.3 is 10.6 Å². The Kier molecular flexibility index (Phi) is 5.87. The summed E-state index contributed by atoms with van der Waals surface area (Å²) in [6.07, 6.45) is -4.47. The van der Waals surface area contributed by atoms with Crippen molar-refractivity contribution in [1.29, 1.82) is 0 Å². The van der Waals surface area contributed by atoms with Gasteiger partial charge in [0.05, 0.1) is 5.92 Å². The van der Waals surface area contributed by atoms with Gasteiger partial charge in [-0.05, 0) is 30.2 Å². The molecule has 0 spiro atoms. The molecule has 0 saturated carbocycles. The average Bonchev–Trinajstić information content (AvgIpc) is 2.66. The molecule has 0 bridgehead atoms. The first-order valence-electron chi connectivity index (χ1n) is 8.91. The van der Waals surface area contributed by atoms with Gasteiger partial charge in [-0.15, -0.1) is 0 Å². The van der Waals surface area contributed by atoms with E-state index in [2.05, 4.69) is 10.6 Å². The minimum Gasteiger partial charge on any atom is -0.338 e. The van der Waals surface area contributed by atoms with Crippen LogP contribution in [0.1, 0.15) is 24.3 Å². The molecule has 3 rings (SSSR count). The van der Waals surface area contributed by atoms with Crippen molar-refractivity contribution in [2.24, 2.45) is 0 Å². The average molecular weight is 391 g/mol. The van der Waals surface area contributed by atoms with Gasteiger partial charge in [-0.25, -0.2) is 4.79 Å². The molecule has 1 heterocycles. The molecule has 1 fully saturated rings. The summed E-state index contributed by atoms with van der Waals surface area (Å²) in [6.45, 7) is 1.14. The second-order valence-electron chi connectivity index (χ2n) is 6.54. The molecule has 28 heavy (non-hydrogen) atoms. The zero-order valence-electron chi connectivity index (χ0n) is 15.0. The first-order valence-corrected chi connectivity index (χ1v) is 8.91. The minimum absolute atomic E-state index is 0.0453. The van der Waals surface area contributed by atoms with Gasteiger partial charge in [0.2, 0.25) is 5.91 Å². The topological polar surface area (TPSA) is 61.4 Å². The van der Waals surface area contributed by atoms with E-state index in [0.717, 1.165) is 6.42 Å². The fraction of sp³-hybridized carbons (Fsp3) is 0.300. The van der Waals surface area contributed by atoms with Crippen molar-refractivity contribution in [3.63, 3.8) is 0 Å². The second kappa shape index (κ2) is 8.33. The summed E-state index contributed by atoms with van der Waals surface area (Å²) in [5.74, 6) is -2.63. The van der Waals surface area contributed by atoms with Gasteiger partial charge in [0, 0.05) is 30.9 Å². The number of hydrogen-bond donors (Lipinski definition) is 2. The summed E-state index contributed by atoms with van der Waals surface area (Å²) >= 11 is 0. The Balaban J connectivity index is 1.72. The summed E-state index contributed by atoms with van der Waals surface area (Å²) in [5.41, 5.74) is 0.962. The van der Waals surface area contributed by atoms with Crippen molar-refractivity contribution in [3.05, 3.63) is 60.2 Å². The van der Waals surface area contributed by atoms with Crippen molar-refractivity contribution >= 4 is 23.3 Å². The molecule has 0 radical (unpaired) electrons. The lowest BCUT2D eigenvalue weighted by Gasteiger charge is -2.27. The van der Waals surface area contributed by atoms with E-state index >= 15 is 0 Å². The van der Waals surface area contributed by atoms with Crippen LogP contribution < -0.4 is 15.5 Å². The van der Waals surface area contributed by atoms with Crippen LogP contribution in [0.15, 0.2) is 54.6 Å². The van der Waals surface area contributed by atoms with Gasteiger partial charge in [0.15, 0.2) is 0 Å². The molecule has 1 atom stereocenters. The van der Waals surface area contributed by atoms with Crippen molar-refractivity contribution in [1.82, 2.24) is 5.32 Å². The van der Waals surface area contributed by atoms with Gasteiger partial charge in [0.25, 0.3) is 0 Å². The zero-order chi connectivity index (χ0) is 20.1. The Morgan fingerprint density at radius 2 is 1.89 bits per heavy atom. The van der Waals surface area contributed by atoms with Gasteiger partial charge in [-0.2, -0.15) is 13.2 Å². The maximum atomic E-state index is 13.4. The second-order valence-corrected chi connectivity index (χ2v) is 6.54. The summed E-state index contributed by atoms with van der Waals surface area (Å²) in [6, 6.07) is 13.6. The normalized spacial score (nSPS) is 15.7. The van der Waals surface area contributed by atoms with Gasteiger partial charge >= 0.3 is 12.2 Å². The van der Waals surface area contributed by atoms with E-state index in [1.807, 2.05) is 0 Å². The molecule has 1 saturated heterocycles. The molecule has 1 unspecified atom stereocenters. The molecular formula is C20H20F3N3O2. The molecule has 1 aliphatic rings. The highest BCUT2D eigenvalue weighted by molar-refractivity contribution is 5.95. The number of carbonyl (C=O) groups is 2. The Hall–Kier alpha value is -3.03. The number of rotatable bonds is 5. The summed E-state index contributed by atoms with van der Waals surface area (Å²) < 4.78 is 40.3. The maximum Gasteiger partial charge on any atom is 0.396 e. The van der Waals surface area contributed by atoms with Crippen molar-refractivity contribution < 1.29 is 22.8 Å². The Bertz CT molecular complexity index is 840. The van der Waals surface area contributed by atoms with E-state index in [-0.39, 0.29) is 11.6 Å². The van der Waals surface area contributed by atoms with E-state index in [1.165, 1.54) is 29.2 Å². The van der Waals surface area contributed by atoms with Crippen LogP contribution in [0.25, 0.3) is 0 Å². The fourth-order valence-corrected chi connectivity index (χ4v) is 3.13. The highest BCUT2D eigenvalue weighted by atomic mass is 19.4. The number of nitrogens with zero attached hydrogens (tertiary/aromatic N) is 1. The van der Waals surface area contributed by atoms with Crippen LogP contribution in [0, 0.1) is 0 Å². The number of carbonyl (C=O) groups excluding carboxylic acids is 2. The monoisotopic (exact) mass is 391 g/mol. The fourth-order valence-electron chi connectivity index (χ4n) is 3.13. The smallest absolute Gasteiger partial charge is 0.338 e. The van der Waals surface area contributed by atoms with Crippen LogP contribution in [-0.2, 0) is 4.79 Å². The molecule has 2 aromatic rings. The van der Waals surface area contributed by atoms with E-state index in [9.17, 15) is 22.8 Å². The van der Waals surface area contributed by atoms with Crippen LogP contribution in [0.2, 0.25) is 0 Å². The van der Waals surface area contributed by atoms with Crippen molar-refractivity contribution in [2.75, 3.05) is 23.3 Å². The van der Waals surface area contributed by atoms with Crippen LogP contribution >= 0.6 is 0 Å². The number of hydrogen-bond acceptors (Lipinski definition) is 2. The number of urea groups is 1. The lowest BCUT2D eigenvalue weighted by molar-refractivity contribution is -0.155. The van der Waals surface area contributed by atoms with Crippen LogP contribution in [0.5, 0.6) is 0 Å². The molecule has 2 aromatic carbocycles. The lowest BCUT2D eigenvalue weighted by atomic mass is 9.94. The predicted molar refractivity (Wildman–Crippen MR) is 100 cm³/mol. The molecule has 0 aliphatic carbocycles. The largest absolute Gasteiger partial charge is 0.396 e. The third-order valence-corrected chi connectivity index (χ3v) is 4.51. The Labute approximate surface area is 160 Å². The predicted octanol–water partition coefficient (Wildman–Crippen LogP) is 4.28. The molecule has 2 N–H and O–H groups in total. The number of halogens is 3. The summed E-state index contributed by atoms with van der Waals surface area (Å²) in [5, 5.41) is 5.24. The lowest BCUT2D eigenvalue weighted by Crippen LogP contribution is -2.46. The number of nitrogens with one attached hydrogen (secondary N) is 2. The number of benzene rings is 2. The standard InChI is InChI=1S/C20H20F3N3O2/c21-20(22,23)17(14-6-2-1-3-7-14)13-18(27)25-15-8-4-9-16(12-15)26-11-5-10-24-19(26)28/h1-4,6-9,12,17H,5,10-11,13H2,(H,24,28)(H,25,27). The quantitative estimate of drug-likeness (QED) is 0.799.